The minimum absolute atomic E-state index is 0. The van der Waals surface area contributed by atoms with Gasteiger partial charge in [0.15, 0.2) is 0 Å². The lowest BCUT2D eigenvalue weighted by Gasteiger charge is -2.05. The summed E-state index contributed by atoms with van der Waals surface area (Å²) in [4.78, 5) is 4.59. The van der Waals surface area contributed by atoms with Gasteiger partial charge < -0.3 is 5.73 Å². The maximum absolute atomic E-state index is 5.96. The number of halogens is 3. The van der Waals surface area contributed by atoms with E-state index in [-0.39, 0.29) is 24.8 Å². The summed E-state index contributed by atoms with van der Waals surface area (Å²) in [5.74, 6) is 0. The van der Waals surface area contributed by atoms with E-state index in [1.807, 2.05) is 18.2 Å². The zero-order valence-electron chi connectivity index (χ0n) is 12.0. The number of nitrogens with two attached hydrogens (primary N) is 1. The van der Waals surface area contributed by atoms with E-state index in [1.165, 1.54) is 24.8 Å². The Morgan fingerprint density at radius 1 is 1.20 bits per heavy atom. The van der Waals surface area contributed by atoms with Gasteiger partial charge in [0.2, 0.25) is 0 Å². The highest BCUT2D eigenvalue weighted by Gasteiger charge is 2.00. The molecule has 2 nitrogen and oxygen atoms in total. The Morgan fingerprint density at radius 2 is 1.95 bits per heavy atom. The number of hydrogen-bond donors (Lipinski definition) is 1. The normalized spacial score (nSPS) is 10.7. The standard InChI is InChI=1S/C15H23ClN2.2ClH/c1-2-3-4-5-9-18-15(12-17)11-13-7-6-8-14(16)10-13;;/h6-8,10H,2-5,9,11-12,17H2,1H3;2*1H. The summed E-state index contributed by atoms with van der Waals surface area (Å²) < 4.78 is 0. The predicted molar refractivity (Wildman–Crippen MR) is 95.2 cm³/mol. The summed E-state index contributed by atoms with van der Waals surface area (Å²) >= 11 is 5.96. The zero-order valence-corrected chi connectivity index (χ0v) is 14.4. The quantitative estimate of drug-likeness (QED) is 0.541. The van der Waals surface area contributed by atoms with Crippen LogP contribution in [-0.4, -0.2) is 18.8 Å². The lowest BCUT2D eigenvalue weighted by Crippen LogP contribution is -2.17. The molecule has 0 fully saturated rings. The van der Waals surface area contributed by atoms with Crippen molar-refractivity contribution in [1.29, 1.82) is 0 Å². The zero-order chi connectivity index (χ0) is 13.2. The summed E-state index contributed by atoms with van der Waals surface area (Å²) in [7, 11) is 0. The van der Waals surface area contributed by atoms with Gasteiger partial charge in [-0.05, 0) is 24.1 Å². The average molecular weight is 340 g/mol. The van der Waals surface area contributed by atoms with Crippen molar-refractivity contribution in [1.82, 2.24) is 0 Å². The van der Waals surface area contributed by atoms with Crippen LogP contribution in [0.3, 0.4) is 0 Å². The van der Waals surface area contributed by atoms with E-state index in [2.05, 4.69) is 18.0 Å². The highest BCUT2D eigenvalue weighted by Crippen LogP contribution is 2.11. The van der Waals surface area contributed by atoms with Crippen LogP contribution in [0.1, 0.15) is 38.2 Å². The number of unbranched alkanes of at least 4 members (excludes halogenated alkanes) is 3. The van der Waals surface area contributed by atoms with Crippen LogP contribution < -0.4 is 5.73 Å². The van der Waals surface area contributed by atoms with Gasteiger partial charge in [-0.1, -0.05) is 49.9 Å². The molecule has 0 aromatic heterocycles. The van der Waals surface area contributed by atoms with Crippen molar-refractivity contribution in [3.8, 4) is 0 Å². The first kappa shape index (κ1) is 22.0. The van der Waals surface area contributed by atoms with Crippen molar-refractivity contribution in [2.24, 2.45) is 10.7 Å². The van der Waals surface area contributed by atoms with Crippen molar-refractivity contribution < 1.29 is 0 Å². The van der Waals surface area contributed by atoms with E-state index in [0.29, 0.717) is 6.54 Å². The van der Waals surface area contributed by atoms with Gasteiger partial charge in [-0.15, -0.1) is 24.8 Å². The molecule has 0 atom stereocenters. The number of aliphatic imine (C=N–C) groups is 1. The molecule has 0 aliphatic rings. The third-order valence-electron chi connectivity index (χ3n) is 2.88. The van der Waals surface area contributed by atoms with E-state index in [1.54, 1.807) is 0 Å². The molecule has 0 amide bonds. The second-order valence-corrected chi connectivity index (χ2v) is 4.96. The Morgan fingerprint density at radius 3 is 2.55 bits per heavy atom. The SMILES string of the molecule is CCCCCCN=C(CN)Cc1cccc(Cl)c1.Cl.Cl. The first-order valence-corrected chi connectivity index (χ1v) is 7.10. The molecule has 0 bridgehead atoms. The molecule has 1 aromatic rings. The fraction of sp³-hybridized carbons (Fsp3) is 0.533. The molecule has 116 valence electrons. The molecule has 1 aromatic carbocycles. The second-order valence-electron chi connectivity index (χ2n) is 4.52. The molecule has 0 aliphatic carbocycles. The van der Waals surface area contributed by atoms with Crippen LogP contribution in [-0.2, 0) is 6.42 Å². The van der Waals surface area contributed by atoms with Crippen molar-refractivity contribution in [3.05, 3.63) is 34.9 Å². The maximum atomic E-state index is 5.96. The van der Waals surface area contributed by atoms with Gasteiger partial charge in [-0.25, -0.2) is 0 Å². The van der Waals surface area contributed by atoms with E-state index in [9.17, 15) is 0 Å². The lowest BCUT2D eigenvalue weighted by atomic mass is 10.1. The average Bonchev–Trinajstić information content (AvgIpc) is 2.37. The molecule has 1 rings (SSSR count). The van der Waals surface area contributed by atoms with Crippen LogP contribution in [0.2, 0.25) is 5.02 Å². The molecule has 5 heteroatoms. The highest BCUT2D eigenvalue weighted by molar-refractivity contribution is 6.30. The largest absolute Gasteiger partial charge is 0.325 e. The van der Waals surface area contributed by atoms with Gasteiger partial charge in [0.05, 0.1) is 0 Å². The highest BCUT2D eigenvalue weighted by atomic mass is 35.5. The third kappa shape index (κ3) is 9.60. The summed E-state index contributed by atoms with van der Waals surface area (Å²) in [6.07, 6.45) is 5.78. The van der Waals surface area contributed by atoms with Crippen LogP contribution in [0.15, 0.2) is 29.3 Å². The van der Waals surface area contributed by atoms with Crippen molar-refractivity contribution in [2.45, 2.75) is 39.0 Å². The van der Waals surface area contributed by atoms with Crippen LogP contribution in [0.4, 0.5) is 0 Å². The molecule has 20 heavy (non-hydrogen) atoms. The number of benzene rings is 1. The summed E-state index contributed by atoms with van der Waals surface area (Å²) in [6, 6.07) is 7.89. The second kappa shape index (κ2) is 13.7. The van der Waals surface area contributed by atoms with E-state index >= 15 is 0 Å². The van der Waals surface area contributed by atoms with Crippen molar-refractivity contribution >= 4 is 42.1 Å². The van der Waals surface area contributed by atoms with Crippen LogP contribution in [0, 0.1) is 0 Å². The number of hydrogen-bond acceptors (Lipinski definition) is 2. The minimum atomic E-state index is 0. The molecule has 0 saturated heterocycles. The van der Waals surface area contributed by atoms with Gasteiger partial charge in [-0.2, -0.15) is 0 Å². The van der Waals surface area contributed by atoms with Gasteiger partial charge in [0.25, 0.3) is 0 Å². The summed E-state index contributed by atoms with van der Waals surface area (Å²) in [5, 5.41) is 0.770. The first-order chi connectivity index (χ1) is 8.76. The fourth-order valence-corrected chi connectivity index (χ4v) is 2.06. The van der Waals surface area contributed by atoms with Gasteiger partial charge in [-0.3, -0.25) is 4.99 Å². The molecular formula is C15H25Cl3N2. The smallest absolute Gasteiger partial charge is 0.0408 e. The van der Waals surface area contributed by atoms with Crippen LogP contribution in [0.25, 0.3) is 0 Å². The molecule has 0 spiro atoms. The molecule has 0 aliphatic heterocycles. The van der Waals surface area contributed by atoms with Crippen molar-refractivity contribution in [3.63, 3.8) is 0 Å². The van der Waals surface area contributed by atoms with Crippen LogP contribution in [0.5, 0.6) is 0 Å². The predicted octanol–water partition coefficient (Wildman–Crippen LogP) is 4.71. The Bertz CT molecular complexity index is 381. The Kier molecular flexibility index (Phi) is 15.1. The molecular weight excluding hydrogens is 315 g/mol. The summed E-state index contributed by atoms with van der Waals surface area (Å²) in [6.45, 7) is 3.64. The van der Waals surface area contributed by atoms with Gasteiger partial charge in [0.1, 0.15) is 0 Å². The number of rotatable bonds is 8. The summed E-state index contributed by atoms with van der Waals surface area (Å²) in [5.41, 5.74) is 7.98. The Balaban J connectivity index is 0. The van der Waals surface area contributed by atoms with E-state index in [4.69, 9.17) is 17.3 Å². The van der Waals surface area contributed by atoms with Crippen LogP contribution >= 0.6 is 36.4 Å². The van der Waals surface area contributed by atoms with Crippen molar-refractivity contribution in [2.75, 3.05) is 13.1 Å². The molecule has 0 saturated carbocycles. The monoisotopic (exact) mass is 338 g/mol. The van der Waals surface area contributed by atoms with Gasteiger partial charge >= 0.3 is 0 Å². The topological polar surface area (TPSA) is 38.4 Å². The van der Waals surface area contributed by atoms with Gasteiger partial charge in [0, 0.05) is 30.2 Å². The molecule has 0 unspecified atom stereocenters. The Labute approximate surface area is 140 Å². The number of nitrogens with zero attached hydrogens (tertiary/aromatic N) is 1. The third-order valence-corrected chi connectivity index (χ3v) is 3.12. The molecule has 2 N–H and O–H groups in total. The first-order valence-electron chi connectivity index (χ1n) is 6.73. The molecule has 0 radical (unpaired) electrons. The fourth-order valence-electron chi connectivity index (χ4n) is 1.85. The van der Waals surface area contributed by atoms with E-state index in [0.717, 1.165) is 30.1 Å². The minimum Gasteiger partial charge on any atom is -0.325 e. The lowest BCUT2D eigenvalue weighted by molar-refractivity contribution is 0.674. The Hall–Kier alpha value is -0.280. The molecule has 0 heterocycles. The van der Waals surface area contributed by atoms with E-state index < -0.39 is 0 Å². The maximum Gasteiger partial charge on any atom is 0.0408 e.